The van der Waals surface area contributed by atoms with Crippen molar-refractivity contribution in [2.45, 2.75) is 44.0 Å². The van der Waals surface area contributed by atoms with Crippen LogP contribution in [0.3, 0.4) is 0 Å². The molecule has 1 atom stereocenters. The second-order valence-electron chi connectivity index (χ2n) is 7.83. The topological polar surface area (TPSA) is 92.5 Å². The van der Waals surface area contributed by atoms with E-state index in [2.05, 4.69) is 10.3 Å². The molecule has 1 amide bonds. The van der Waals surface area contributed by atoms with E-state index < -0.39 is 10.0 Å². The van der Waals surface area contributed by atoms with Crippen LogP contribution in [-0.2, 0) is 10.0 Å². The fourth-order valence-corrected chi connectivity index (χ4v) is 5.57. The molecule has 1 aliphatic rings. The average Bonchev–Trinajstić information content (AvgIpc) is 3.29. The van der Waals surface area contributed by atoms with Crippen LogP contribution < -0.4 is 5.32 Å². The van der Waals surface area contributed by atoms with Crippen LogP contribution in [0.4, 0.5) is 5.69 Å². The van der Waals surface area contributed by atoms with E-state index in [1.807, 2.05) is 19.1 Å². The third-order valence-corrected chi connectivity index (χ3v) is 7.67. The maximum atomic E-state index is 13.2. The van der Waals surface area contributed by atoms with Crippen LogP contribution in [0.5, 0.6) is 0 Å². The van der Waals surface area contributed by atoms with Crippen LogP contribution in [0, 0.1) is 6.92 Å². The number of hydrogen-bond acceptors (Lipinski definition) is 5. The standard InChI is InChI=1S/C23H25N3O4S/c1-16-6-11-20(31(28,29)26-12-4-3-5-17(26)2)13-21(16)23(27)25-19-9-7-18(8-10-19)22-14-24-15-30-22/h6-11,13-15,17H,3-5,12H2,1-2H3,(H,25,27). The van der Waals surface area contributed by atoms with Crippen molar-refractivity contribution in [2.75, 3.05) is 11.9 Å². The van der Waals surface area contributed by atoms with Gasteiger partial charge in [-0.1, -0.05) is 12.5 Å². The van der Waals surface area contributed by atoms with Crippen LogP contribution >= 0.6 is 0 Å². The summed E-state index contributed by atoms with van der Waals surface area (Å²) in [6, 6.07) is 11.9. The van der Waals surface area contributed by atoms with Gasteiger partial charge in [0.1, 0.15) is 0 Å². The summed E-state index contributed by atoms with van der Waals surface area (Å²) in [5.41, 5.74) is 2.49. The molecule has 31 heavy (non-hydrogen) atoms. The maximum Gasteiger partial charge on any atom is 0.255 e. The Bertz CT molecular complexity index is 1170. The molecule has 1 saturated heterocycles. The lowest BCUT2D eigenvalue weighted by molar-refractivity contribution is 0.102. The van der Waals surface area contributed by atoms with E-state index in [1.54, 1.807) is 41.7 Å². The van der Waals surface area contributed by atoms with Gasteiger partial charge in [-0.3, -0.25) is 4.79 Å². The first kappa shape index (κ1) is 21.3. The largest absolute Gasteiger partial charge is 0.444 e. The number of aryl methyl sites for hydroxylation is 1. The number of sulfonamides is 1. The van der Waals surface area contributed by atoms with Gasteiger partial charge in [0.25, 0.3) is 5.91 Å². The summed E-state index contributed by atoms with van der Waals surface area (Å²) in [7, 11) is -3.65. The molecular formula is C23H25N3O4S. The first-order valence-corrected chi connectivity index (χ1v) is 11.7. The van der Waals surface area contributed by atoms with Gasteiger partial charge in [-0.05, 0) is 68.7 Å². The lowest BCUT2D eigenvalue weighted by Crippen LogP contribution is -2.42. The van der Waals surface area contributed by atoms with Crippen molar-refractivity contribution in [3.8, 4) is 11.3 Å². The summed E-state index contributed by atoms with van der Waals surface area (Å²) < 4.78 is 33.2. The molecule has 7 nitrogen and oxygen atoms in total. The number of piperidine rings is 1. The Labute approximate surface area is 182 Å². The molecule has 2 heterocycles. The van der Waals surface area contributed by atoms with Gasteiger partial charge in [0.2, 0.25) is 10.0 Å². The molecule has 0 radical (unpaired) electrons. The Hall–Kier alpha value is -2.97. The van der Waals surface area contributed by atoms with Crippen molar-refractivity contribution in [1.82, 2.24) is 9.29 Å². The molecule has 1 aliphatic heterocycles. The van der Waals surface area contributed by atoms with Crippen molar-refractivity contribution < 1.29 is 17.6 Å². The number of carbonyl (C=O) groups is 1. The zero-order valence-corrected chi connectivity index (χ0v) is 18.4. The first-order chi connectivity index (χ1) is 14.9. The summed E-state index contributed by atoms with van der Waals surface area (Å²) in [6.45, 7) is 4.24. The van der Waals surface area contributed by atoms with E-state index in [4.69, 9.17) is 4.42 Å². The number of aromatic nitrogens is 1. The quantitative estimate of drug-likeness (QED) is 0.633. The molecule has 162 valence electrons. The summed E-state index contributed by atoms with van der Waals surface area (Å²) in [5.74, 6) is 0.284. The van der Waals surface area contributed by atoms with Gasteiger partial charge >= 0.3 is 0 Å². The van der Waals surface area contributed by atoms with Crippen molar-refractivity contribution in [3.05, 3.63) is 66.2 Å². The van der Waals surface area contributed by atoms with Crippen LogP contribution in [0.1, 0.15) is 42.1 Å². The smallest absolute Gasteiger partial charge is 0.255 e. The van der Waals surface area contributed by atoms with Gasteiger partial charge in [0.05, 0.1) is 11.1 Å². The van der Waals surface area contributed by atoms with Crippen LogP contribution in [-0.4, -0.2) is 36.2 Å². The van der Waals surface area contributed by atoms with Crippen molar-refractivity contribution >= 4 is 21.6 Å². The van der Waals surface area contributed by atoms with Gasteiger partial charge < -0.3 is 9.73 Å². The number of anilines is 1. The summed E-state index contributed by atoms with van der Waals surface area (Å²) in [4.78, 5) is 17.0. The fraction of sp³-hybridized carbons (Fsp3) is 0.304. The van der Waals surface area contributed by atoms with Crippen molar-refractivity contribution in [1.29, 1.82) is 0 Å². The molecule has 1 N–H and O–H groups in total. The predicted octanol–water partition coefficient (Wildman–Crippen LogP) is 4.47. The minimum absolute atomic E-state index is 0.0415. The molecule has 2 aromatic carbocycles. The number of amides is 1. The number of oxazole rings is 1. The van der Waals surface area contributed by atoms with E-state index >= 15 is 0 Å². The third-order valence-electron chi connectivity index (χ3n) is 5.66. The van der Waals surface area contributed by atoms with Gasteiger partial charge in [0.15, 0.2) is 12.2 Å². The number of nitrogens with zero attached hydrogens (tertiary/aromatic N) is 2. The Morgan fingerprint density at radius 3 is 2.61 bits per heavy atom. The van der Waals surface area contributed by atoms with Crippen LogP contribution in [0.15, 0.2) is 64.4 Å². The second kappa shape index (κ2) is 8.64. The van der Waals surface area contributed by atoms with Crippen molar-refractivity contribution in [3.63, 3.8) is 0 Å². The summed E-state index contributed by atoms with van der Waals surface area (Å²) in [6.07, 6.45) is 5.71. The summed E-state index contributed by atoms with van der Waals surface area (Å²) >= 11 is 0. The minimum atomic E-state index is -3.65. The zero-order valence-electron chi connectivity index (χ0n) is 17.5. The molecule has 0 bridgehead atoms. The molecule has 1 fully saturated rings. The molecule has 4 rings (SSSR count). The normalized spacial score (nSPS) is 17.4. The molecule has 0 spiro atoms. The third kappa shape index (κ3) is 4.40. The number of nitrogens with one attached hydrogen (secondary N) is 1. The molecular weight excluding hydrogens is 414 g/mol. The fourth-order valence-electron chi connectivity index (χ4n) is 3.85. The lowest BCUT2D eigenvalue weighted by atomic mass is 10.1. The van der Waals surface area contributed by atoms with Gasteiger partial charge in [-0.15, -0.1) is 0 Å². The van der Waals surface area contributed by atoms with Gasteiger partial charge in [-0.2, -0.15) is 4.31 Å². The number of benzene rings is 2. The van der Waals surface area contributed by atoms with Crippen LogP contribution in [0.25, 0.3) is 11.3 Å². The Kier molecular flexibility index (Phi) is 5.93. The maximum absolute atomic E-state index is 13.2. The van der Waals surface area contributed by atoms with E-state index in [-0.39, 0.29) is 16.8 Å². The average molecular weight is 440 g/mol. The monoisotopic (exact) mass is 439 g/mol. The Balaban J connectivity index is 1.56. The highest BCUT2D eigenvalue weighted by atomic mass is 32.2. The SMILES string of the molecule is Cc1ccc(S(=O)(=O)N2CCCCC2C)cc1C(=O)Nc1ccc(-c2cnco2)cc1. The van der Waals surface area contributed by atoms with Gasteiger partial charge in [0, 0.05) is 29.4 Å². The highest BCUT2D eigenvalue weighted by Gasteiger charge is 2.31. The number of rotatable bonds is 5. The number of hydrogen-bond donors (Lipinski definition) is 1. The highest BCUT2D eigenvalue weighted by Crippen LogP contribution is 2.27. The number of carbonyl (C=O) groups excluding carboxylic acids is 1. The summed E-state index contributed by atoms with van der Waals surface area (Å²) in [5, 5.41) is 2.84. The van der Waals surface area contributed by atoms with E-state index in [0.717, 1.165) is 24.8 Å². The van der Waals surface area contributed by atoms with E-state index in [0.29, 0.717) is 29.1 Å². The first-order valence-electron chi connectivity index (χ1n) is 10.3. The Morgan fingerprint density at radius 2 is 1.94 bits per heavy atom. The molecule has 3 aromatic rings. The molecule has 8 heteroatoms. The highest BCUT2D eigenvalue weighted by molar-refractivity contribution is 7.89. The predicted molar refractivity (Wildman–Crippen MR) is 118 cm³/mol. The minimum Gasteiger partial charge on any atom is -0.444 e. The van der Waals surface area contributed by atoms with Crippen molar-refractivity contribution in [2.24, 2.45) is 0 Å². The molecule has 1 aromatic heterocycles. The van der Waals surface area contributed by atoms with Gasteiger partial charge in [-0.25, -0.2) is 13.4 Å². The lowest BCUT2D eigenvalue weighted by Gasteiger charge is -2.32. The van der Waals surface area contributed by atoms with Crippen LogP contribution in [0.2, 0.25) is 0 Å². The molecule has 0 saturated carbocycles. The molecule has 1 unspecified atom stereocenters. The Morgan fingerprint density at radius 1 is 1.16 bits per heavy atom. The van der Waals surface area contributed by atoms with E-state index in [1.165, 1.54) is 12.5 Å². The zero-order chi connectivity index (χ0) is 22.0. The van der Waals surface area contributed by atoms with E-state index in [9.17, 15) is 13.2 Å². The second-order valence-corrected chi connectivity index (χ2v) is 9.72. The molecule has 0 aliphatic carbocycles.